The van der Waals surface area contributed by atoms with Gasteiger partial charge in [-0.15, -0.1) is 0 Å². The molecule has 1 heterocycles. The molecule has 0 bridgehead atoms. The number of nitrogen functional groups attached to an aromatic ring is 1. The van der Waals surface area contributed by atoms with E-state index >= 15 is 0 Å². The summed E-state index contributed by atoms with van der Waals surface area (Å²) in [7, 11) is 1.55. The van der Waals surface area contributed by atoms with Crippen molar-refractivity contribution in [3.05, 3.63) is 18.2 Å². The largest absolute Gasteiger partial charge is 0.495 e. The van der Waals surface area contributed by atoms with Crippen LogP contribution < -0.4 is 15.4 Å². The van der Waals surface area contributed by atoms with Crippen molar-refractivity contribution in [1.29, 1.82) is 0 Å². The van der Waals surface area contributed by atoms with Gasteiger partial charge in [0.1, 0.15) is 5.75 Å². The second-order valence-corrected chi connectivity index (χ2v) is 4.81. The van der Waals surface area contributed by atoms with Gasteiger partial charge in [-0.3, -0.25) is 4.90 Å². The van der Waals surface area contributed by atoms with Gasteiger partial charge in [-0.05, 0) is 12.1 Å². The molecule has 1 aromatic rings. The van der Waals surface area contributed by atoms with Gasteiger partial charge in [-0.25, -0.2) is 0 Å². The van der Waals surface area contributed by atoms with Crippen LogP contribution in [0.15, 0.2) is 18.2 Å². The summed E-state index contributed by atoms with van der Waals surface area (Å²) < 4.78 is 42.3. The fraction of sp³-hybridized carbons (Fsp3) is 0.538. The predicted octanol–water partition coefficient (Wildman–Crippen LogP) is 1.96. The molecular weight excluding hydrogens is 271 g/mol. The van der Waals surface area contributed by atoms with Gasteiger partial charge >= 0.3 is 6.18 Å². The molecule has 1 aromatic carbocycles. The Morgan fingerprint density at radius 2 is 1.85 bits per heavy atom. The van der Waals surface area contributed by atoms with Gasteiger partial charge < -0.3 is 15.4 Å². The number of nitrogens with two attached hydrogens (primary N) is 1. The van der Waals surface area contributed by atoms with Crippen molar-refractivity contribution in [3.63, 3.8) is 0 Å². The second-order valence-electron chi connectivity index (χ2n) is 4.81. The zero-order valence-corrected chi connectivity index (χ0v) is 11.3. The predicted molar refractivity (Wildman–Crippen MR) is 72.1 cm³/mol. The van der Waals surface area contributed by atoms with Crippen molar-refractivity contribution < 1.29 is 17.9 Å². The summed E-state index contributed by atoms with van der Waals surface area (Å²) in [5, 5.41) is 0. The lowest BCUT2D eigenvalue weighted by atomic mass is 10.2. The number of piperazine rings is 1. The molecule has 0 amide bonds. The van der Waals surface area contributed by atoms with E-state index in [-0.39, 0.29) is 0 Å². The van der Waals surface area contributed by atoms with Crippen molar-refractivity contribution in [2.45, 2.75) is 6.18 Å². The molecule has 1 aliphatic rings. The average molecular weight is 289 g/mol. The third-order valence-electron chi connectivity index (χ3n) is 3.32. The highest BCUT2D eigenvalue weighted by molar-refractivity contribution is 5.64. The Hall–Kier alpha value is -1.63. The minimum atomic E-state index is -4.14. The van der Waals surface area contributed by atoms with Crippen molar-refractivity contribution >= 4 is 11.4 Å². The molecule has 4 nitrogen and oxygen atoms in total. The van der Waals surface area contributed by atoms with Gasteiger partial charge in [0, 0.05) is 37.9 Å². The van der Waals surface area contributed by atoms with Crippen LogP contribution >= 0.6 is 0 Å². The third-order valence-corrected chi connectivity index (χ3v) is 3.32. The number of hydrogen-bond acceptors (Lipinski definition) is 4. The van der Waals surface area contributed by atoms with Crippen molar-refractivity contribution in [2.24, 2.45) is 0 Å². The summed E-state index contributed by atoms with van der Waals surface area (Å²) in [6.07, 6.45) is -4.14. The molecule has 2 N–H and O–H groups in total. The van der Waals surface area contributed by atoms with E-state index in [1.165, 1.54) is 4.90 Å². The Bertz CT molecular complexity index is 457. The Labute approximate surface area is 115 Å². The Kier molecular flexibility index (Phi) is 4.27. The van der Waals surface area contributed by atoms with Crippen LogP contribution in [0.3, 0.4) is 0 Å². The van der Waals surface area contributed by atoms with Crippen LogP contribution in [-0.4, -0.2) is 50.9 Å². The maximum absolute atomic E-state index is 12.3. The Morgan fingerprint density at radius 3 is 2.40 bits per heavy atom. The molecule has 0 aromatic heterocycles. The molecule has 7 heteroatoms. The van der Waals surface area contributed by atoms with Crippen LogP contribution in [0.2, 0.25) is 0 Å². The minimum absolute atomic E-state index is 0.382. The first-order valence-electron chi connectivity index (χ1n) is 6.36. The molecule has 2 rings (SSSR count). The maximum atomic E-state index is 12.3. The molecule has 1 aliphatic heterocycles. The van der Waals surface area contributed by atoms with E-state index in [0.717, 1.165) is 5.69 Å². The van der Waals surface area contributed by atoms with Crippen LogP contribution in [0.1, 0.15) is 0 Å². The number of methoxy groups -OCH3 is 1. The van der Waals surface area contributed by atoms with Gasteiger partial charge in [-0.2, -0.15) is 13.2 Å². The van der Waals surface area contributed by atoms with Gasteiger partial charge in [0.15, 0.2) is 0 Å². The molecule has 1 saturated heterocycles. The highest BCUT2D eigenvalue weighted by Crippen LogP contribution is 2.31. The molecular formula is C13H18F3N3O. The number of benzene rings is 1. The normalized spacial score (nSPS) is 17.3. The molecule has 0 radical (unpaired) electrons. The van der Waals surface area contributed by atoms with Gasteiger partial charge in [0.05, 0.1) is 19.3 Å². The van der Waals surface area contributed by atoms with Crippen molar-refractivity contribution in [2.75, 3.05) is 50.5 Å². The van der Waals surface area contributed by atoms with E-state index in [2.05, 4.69) is 0 Å². The second kappa shape index (κ2) is 5.78. The average Bonchev–Trinajstić information content (AvgIpc) is 2.38. The Balaban J connectivity index is 2.00. The topological polar surface area (TPSA) is 41.7 Å². The molecule has 0 unspecified atom stereocenters. The van der Waals surface area contributed by atoms with Crippen LogP contribution in [0, 0.1) is 0 Å². The summed E-state index contributed by atoms with van der Waals surface area (Å²) >= 11 is 0. The van der Waals surface area contributed by atoms with Gasteiger partial charge in [0.25, 0.3) is 0 Å². The third kappa shape index (κ3) is 3.69. The first-order chi connectivity index (χ1) is 9.39. The van der Waals surface area contributed by atoms with Gasteiger partial charge in [-0.1, -0.05) is 0 Å². The van der Waals surface area contributed by atoms with Crippen LogP contribution in [-0.2, 0) is 0 Å². The highest BCUT2D eigenvalue weighted by Gasteiger charge is 2.32. The molecule has 0 saturated carbocycles. The number of halogens is 3. The molecule has 1 fully saturated rings. The summed E-state index contributed by atoms with van der Waals surface area (Å²) in [5.41, 5.74) is 7.16. The molecule has 112 valence electrons. The summed E-state index contributed by atoms with van der Waals surface area (Å²) in [5.74, 6) is 0.647. The van der Waals surface area contributed by atoms with Crippen LogP contribution in [0.4, 0.5) is 24.5 Å². The van der Waals surface area contributed by atoms with E-state index in [4.69, 9.17) is 10.5 Å². The monoisotopic (exact) mass is 289 g/mol. The number of rotatable bonds is 3. The fourth-order valence-electron chi connectivity index (χ4n) is 2.36. The summed E-state index contributed by atoms with van der Waals surface area (Å²) in [4.78, 5) is 3.44. The smallest absolute Gasteiger partial charge is 0.401 e. The number of anilines is 2. The first-order valence-corrected chi connectivity index (χ1v) is 6.36. The van der Waals surface area contributed by atoms with E-state index in [9.17, 15) is 13.2 Å². The lowest BCUT2D eigenvalue weighted by molar-refractivity contribution is -0.146. The molecule has 0 atom stereocenters. The SMILES string of the molecule is COc1cc(N)ccc1N1CCN(CC(F)(F)F)CC1. The molecule has 0 aliphatic carbocycles. The zero-order chi connectivity index (χ0) is 14.8. The minimum Gasteiger partial charge on any atom is -0.495 e. The van der Waals surface area contributed by atoms with E-state index < -0.39 is 12.7 Å². The lowest BCUT2D eigenvalue weighted by Crippen LogP contribution is -2.49. The van der Waals surface area contributed by atoms with Crippen molar-refractivity contribution in [3.8, 4) is 5.75 Å². The van der Waals surface area contributed by atoms with Crippen LogP contribution in [0.5, 0.6) is 5.75 Å². The molecule has 0 spiro atoms. The van der Waals surface area contributed by atoms with Crippen molar-refractivity contribution in [1.82, 2.24) is 4.90 Å². The number of nitrogens with zero attached hydrogens (tertiary/aromatic N) is 2. The first kappa shape index (κ1) is 14.8. The number of ether oxygens (including phenoxy) is 1. The standard InChI is InChI=1S/C13H18F3N3O/c1-20-12-8-10(17)2-3-11(12)19-6-4-18(5-7-19)9-13(14,15)16/h2-3,8H,4-7,9,17H2,1H3. The number of alkyl halides is 3. The van der Waals surface area contributed by atoms with E-state index in [0.29, 0.717) is 37.6 Å². The van der Waals surface area contributed by atoms with E-state index in [1.807, 2.05) is 11.0 Å². The quantitative estimate of drug-likeness (QED) is 0.864. The Morgan fingerprint density at radius 1 is 1.20 bits per heavy atom. The lowest BCUT2D eigenvalue weighted by Gasteiger charge is -2.36. The molecule has 20 heavy (non-hydrogen) atoms. The fourth-order valence-corrected chi connectivity index (χ4v) is 2.36. The van der Waals surface area contributed by atoms with Crippen LogP contribution in [0.25, 0.3) is 0 Å². The summed E-state index contributed by atoms with van der Waals surface area (Å²) in [6.45, 7) is 0.993. The maximum Gasteiger partial charge on any atom is 0.401 e. The van der Waals surface area contributed by atoms with Gasteiger partial charge in [0.2, 0.25) is 0 Å². The zero-order valence-electron chi connectivity index (χ0n) is 11.3. The number of hydrogen-bond donors (Lipinski definition) is 1. The van der Waals surface area contributed by atoms with E-state index in [1.54, 1.807) is 19.2 Å². The highest BCUT2D eigenvalue weighted by atomic mass is 19.4. The summed E-state index contributed by atoms with van der Waals surface area (Å²) in [6, 6.07) is 5.32.